The van der Waals surface area contributed by atoms with Crippen molar-refractivity contribution < 1.29 is 0 Å². The fraction of sp³-hybridized carbons (Fsp3) is 0.200. The Kier molecular flexibility index (Phi) is 3.52. The summed E-state index contributed by atoms with van der Waals surface area (Å²) < 4.78 is 0. The molecule has 0 fully saturated rings. The molecule has 0 spiro atoms. The molecule has 0 amide bonds. The topological polar surface area (TPSA) is 48.7 Å². The summed E-state index contributed by atoms with van der Waals surface area (Å²) in [5.74, 6) is 0. The SMILES string of the molecule is C=CCCNc1ccc(C#N)nc1. The summed E-state index contributed by atoms with van der Waals surface area (Å²) in [6, 6.07) is 5.50. The summed E-state index contributed by atoms with van der Waals surface area (Å²) in [5, 5.41) is 11.7. The second kappa shape index (κ2) is 4.94. The van der Waals surface area contributed by atoms with Crippen molar-refractivity contribution in [3.05, 3.63) is 36.7 Å². The molecule has 0 atom stereocenters. The molecule has 0 saturated heterocycles. The van der Waals surface area contributed by atoms with Gasteiger partial charge >= 0.3 is 0 Å². The maximum Gasteiger partial charge on any atom is 0.140 e. The molecule has 0 radical (unpaired) electrons. The third-order valence-electron chi connectivity index (χ3n) is 1.56. The molecule has 3 nitrogen and oxygen atoms in total. The molecule has 0 bridgehead atoms. The van der Waals surface area contributed by atoms with Crippen LogP contribution in [0.1, 0.15) is 12.1 Å². The second-order valence-electron chi connectivity index (χ2n) is 2.55. The average Bonchev–Trinajstić information content (AvgIpc) is 2.19. The maximum atomic E-state index is 8.50. The van der Waals surface area contributed by atoms with Crippen LogP contribution in [0.3, 0.4) is 0 Å². The van der Waals surface area contributed by atoms with E-state index in [0.717, 1.165) is 18.7 Å². The third kappa shape index (κ3) is 2.96. The summed E-state index contributed by atoms with van der Waals surface area (Å²) in [4.78, 5) is 3.93. The van der Waals surface area contributed by atoms with Gasteiger partial charge in [-0.25, -0.2) is 4.98 Å². The van der Waals surface area contributed by atoms with E-state index in [1.165, 1.54) is 0 Å². The fourth-order valence-electron chi connectivity index (χ4n) is 0.883. The Morgan fingerprint density at radius 1 is 1.62 bits per heavy atom. The third-order valence-corrected chi connectivity index (χ3v) is 1.56. The number of nitrogens with zero attached hydrogens (tertiary/aromatic N) is 2. The number of rotatable bonds is 4. The van der Waals surface area contributed by atoms with Gasteiger partial charge in [-0.3, -0.25) is 0 Å². The van der Waals surface area contributed by atoms with Gasteiger partial charge in [-0.1, -0.05) is 6.08 Å². The van der Waals surface area contributed by atoms with Crippen LogP contribution >= 0.6 is 0 Å². The van der Waals surface area contributed by atoms with Gasteiger partial charge in [0.05, 0.1) is 11.9 Å². The first-order valence-electron chi connectivity index (χ1n) is 4.07. The van der Waals surface area contributed by atoms with Gasteiger partial charge in [0.1, 0.15) is 11.8 Å². The average molecular weight is 173 g/mol. The Morgan fingerprint density at radius 2 is 2.46 bits per heavy atom. The van der Waals surface area contributed by atoms with Gasteiger partial charge in [0, 0.05) is 6.54 Å². The number of hydrogen-bond acceptors (Lipinski definition) is 3. The standard InChI is InChI=1S/C10H11N3/c1-2-3-6-12-10-5-4-9(7-11)13-8-10/h2,4-5,8,12H,1,3,6H2. The first kappa shape index (κ1) is 9.27. The van der Waals surface area contributed by atoms with Crippen LogP contribution in [0.4, 0.5) is 5.69 Å². The van der Waals surface area contributed by atoms with Crippen LogP contribution in [0.25, 0.3) is 0 Å². The van der Waals surface area contributed by atoms with Gasteiger partial charge < -0.3 is 5.32 Å². The zero-order valence-corrected chi connectivity index (χ0v) is 7.33. The minimum Gasteiger partial charge on any atom is -0.383 e. The van der Waals surface area contributed by atoms with Crippen LogP contribution in [0, 0.1) is 11.3 Å². The Hall–Kier alpha value is -1.82. The molecule has 66 valence electrons. The Labute approximate surface area is 77.7 Å². The highest BCUT2D eigenvalue weighted by molar-refractivity contribution is 5.42. The van der Waals surface area contributed by atoms with Gasteiger partial charge in [0.2, 0.25) is 0 Å². The lowest BCUT2D eigenvalue weighted by molar-refractivity contribution is 1.06. The smallest absolute Gasteiger partial charge is 0.140 e. The van der Waals surface area contributed by atoms with Crippen LogP contribution in [0.5, 0.6) is 0 Å². The van der Waals surface area contributed by atoms with Gasteiger partial charge in [-0.05, 0) is 18.6 Å². The zero-order chi connectivity index (χ0) is 9.52. The number of nitrogens with one attached hydrogen (secondary N) is 1. The van der Waals surface area contributed by atoms with E-state index < -0.39 is 0 Å². The van der Waals surface area contributed by atoms with Crippen molar-refractivity contribution in [2.24, 2.45) is 0 Å². The van der Waals surface area contributed by atoms with E-state index in [0.29, 0.717) is 5.69 Å². The number of aromatic nitrogens is 1. The van der Waals surface area contributed by atoms with Crippen molar-refractivity contribution >= 4 is 5.69 Å². The second-order valence-corrected chi connectivity index (χ2v) is 2.55. The number of anilines is 1. The monoisotopic (exact) mass is 173 g/mol. The fourth-order valence-corrected chi connectivity index (χ4v) is 0.883. The van der Waals surface area contributed by atoms with Crippen LogP contribution in [-0.4, -0.2) is 11.5 Å². The Bertz CT molecular complexity index is 308. The molecule has 0 aromatic carbocycles. The van der Waals surface area contributed by atoms with E-state index in [9.17, 15) is 0 Å². The zero-order valence-electron chi connectivity index (χ0n) is 7.33. The number of pyridine rings is 1. The van der Waals surface area contributed by atoms with E-state index >= 15 is 0 Å². The lowest BCUT2D eigenvalue weighted by Crippen LogP contribution is -2.00. The van der Waals surface area contributed by atoms with Crippen molar-refractivity contribution in [3.8, 4) is 6.07 Å². The summed E-state index contributed by atoms with van der Waals surface area (Å²) >= 11 is 0. The highest BCUT2D eigenvalue weighted by Crippen LogP contribution is 2.04. The Balaban J connectivity index is 2.50. The first-order chi connectivity index (χ1) is 6.36. The molecule has 1 aromatic rings. The van der Waals surface area contributed by atoms with Gasteiger partial charge in [-0.15, -0.1) is 6.58 Å². The van der Waals surface area contributed by atoms with Crippen LogP contribution < -0.4 is 5.32 Å². The molecule has 1 aromatic heterocycles. The number of nitriles is 1. The molecule has 0 aliphatic carbocycles. The highest BCUT2D eigenvalue weighted by Gasteiger charge is 1.92. The van der Waals surface area contributed by atoms with Crippen molar-refractivity contribution in [2.75, 3.05) is 11.9 Å². The molecular weight excluding hydrogens is 162 g/mol. The van der Waals surface area contributed by atoms with Crippen molar-refractivity contribution in [3.63, 3.8) is 0 Å². The minimum absolute atomic E-state index is 0.439. The molecule has 0 aliphatic heterocycles. The van der Waals surface area contributed by atoms with Crippen molar-refractivity contribution in [1.29, 1.82) is 5.26 Å². The van der Waals surface area contributed by atoms with Gasteiger partial charge in [0.25, 0.3) is 0 Å². The predicted molar refractivity (Wildman–Crippen MR) is 52.3 cm³/mol. The molecule has 13 heavy (non-hydrogen) atoms. The summed E-state index contributed by atoms with van der Waals surface area (Å²) in [6.07, 6.45) is 4.42. The summed E-state index contributed by atoms with van der Waals surface area (Å²) in [5.41, 5.74) is 1.37. The maximum absolute atomic E-state index is 8.50. The van der Waals surface area contributed by atoms with E-state index in [2.05, 4.69) is 16.9 Å². The molecule has 0 aliphatic rings. The van der Waals surface area contributed by atoms with Crippen LogP contribution in [0.15, 0.2) is 31.0 Å². The van der Waals surface area contributed by atoms with E-state index in [-0.39, 0.29) is 0 Å². The molecule has 0 unspecified atom stereocenters. The molecular formula is C10H11N3. The Morgan fingerprint density at radius 3 is 3.00 bits per heavy atom. The number of hydrogen-bond donors (Lipinski definition) is 1. The van der Waals surface area contributed by atoms with E-state index in [4.69, 9.17) is 5.26 Å². The van der Waals surface area contributed by atoms with Crippen molar-refractivity contribution in [1.82, 2.24) is 4.98 Å². The normalized spacial score (nSPS) is 8.85. The van der Waals surface area contributed by atoms with Crippen molar-refractivity contribution in [2.45, 2.75) is 6.42 Å². The summed E-state index contributed by atoms with van der Waals surface area (Å²) in [6.45, 7) is 4.46. The van der Waals surface area contributed by atoms with Crippen LogP contribution in [0.2, 0.25) is 0 Å². The van der Waals surface area contributed by atoms with E-state index in [1.807, 2.05) is 18.2 Å². The molecule has 3 heteroatoms. The quantitative estimate of drug-likeness (QED) is 0.559. The minimum atomic E-state index is 0.439. The lowest BCUT2D eigenvalue weighted by atomic mass is 10.3. The summed E-state index contributed by atoms with van der Waals surface area (Å²) in [7, 11) is 0. The molecule has 1 heterocycles. The van der Waals surface area contributed by atoms with Crippen LogP contribution in [-0.2, 0) is 0 Å². The highest BCUT2D eigenvalue weighted by atomic mass is 14.9. The molecule has 1 rings (SSSR count). The largest absolute Gasteiger partial charge is 0.383 e. The molecule has 0 saturated carbocycles. The molecule has 1 N–H and O–H groups in total. The lowest BCUT2D eigenvalue weighted by Gasteiger charge is -2.02. The van der Waals surface area contributed by atoms with Gasteiger partial charge in [-0.2, -0.15) is 5.26 Å². The predicted octanol–water partition coefficient (Wildman–Crippen LogP) is 1.94. The van der Waals surface area contributed by atoms with E-state index in [1.54, 1.807) is 12.3 Å². The van der Waals surface area contributed by atoms with Gasteiger partial charge in [0.15, 0.2) is 0 Å². The first-order valence-corrected chi connectivity index (χ1v) is 4.07.